The number of ether oxygens (including phenoxy) is 1. The summed E-state index contributed by atoms with van der Waals surface area (Å²) < 4.78 is 42.1. The second kappa shape index (κ2) is 14.4. The molecule has 0 atom stereocenters. The number of aromatic nitrogens is 1. The van der Waals surface area contributed by atoms with Crippen molar-refractivity contribution >= 4 is 39.8 Å². The van der Waals surface area contributed by atoms with Crippen LogP contribution in [-0.4, -0.2) is 22.4 Å². The number of hydrogen-bond donors (Lipinski definition) is 2. The van der Waals surface area contributed by atoms with Crippen molar-refractivity contribution < 1.29 is 27.8 Å². The summed E-state index contributed by atoms with van der Waals surface area (Å²) in [5, 5.41) is 15.8. The average molecular weight is 591 g/mol. The van der Waals surface area contributed by atoms with E-state index in [0.29, 0.717) is 10.9 Å². The molecule has 0 aliphatic rings. The number of nitrogens with zero attached hydrogens (tertiary/aromatic N) is 1. The maximum atomic E-state index is 12.7. The highest BCUT2D eigenvalue weighted by atomic mass is 32.2. The molecule has 0 aliphatic carbocycles. The van der Waals surface area contributed by atoms with Gasteiger partial charge < -0.3 is 15.2 Å². The smallest absolute Gasteiger partial charge is 0.478 e. The molecule has 3 aromatic rings. The number of alkyl halides is 3. The minimum Gasteiger partial charge on any atom is -0.478 e. The fourth-order valence-electron chi connectivity index (χ4n) is 3.74. The topological polar surface area (TPSA) is 71.5 Å². The molecule has 2 N–H and O–H groups in total. The zero-order valence-electron chi connectivity index (χ0n) is 22.8. The summed E-state index contributed by atoms with van der Waals surface area (Å²) in [5.41, 5.74) is 2.58. The van der Waals surface area contributed by atoms with Crippen LogP contribution in [0.15, 0.2) is 70.7 Å². The lowest BCUT2D eigenvalue weighted by Crippen LogP contribution is -2.17. The fourth-order valence-corrected chi connectivity index (χ4v) is 5.55. The van der Waals surface area contributed by atoms with Crippen LogP contribution < -0.4 is 10.1 Å². The fraction of sp³-hybridized carbons (Fsp3) is 0.333. The standard InChI is InChI=1S/C30H33F3N2O3S2/c1-5-6-9-26(35-28-24(29(36)37)17-22(18-34-28)25-8-7-16-39-25)40-27(20(4)11-10-19(2)3)21-12-14-23(15-13-21)38-30(31,32)33/h7-9,12-19H,5-6,10-11H2,1-4H3,(H,34,35)(H,36,37)/b26-9+,27-20+. The third-order valence-corrected chi connectivity index (χ3v) is 8.03. The number of allylic oxidation sites excluding steroid dienone is 2. The van der Waals surface area contributed by atoms with Crippen LogP contribution in [0, 0.1) is 5.92 Å². The molecule has 0 amide bonds. The van der Waals surface area contributed by atoms with E-state index < -0.39 is 12.3 Å². The monoisotopic (exact) mass is 590 g/mol. The van der Waals surface area contributed by atoms with Gasteiger partial charge in [-0.3, -0.25) is 0 Å². The van der Waals surface area contributed by atoms with E-state index >= 15 is 0 Å². The van der Waals surface area contributed by atoms with Gasteiger partial charge >= 0.3 is 12.3 Å². The molecule has 2 heterocycles. The molecule has 0 bridgehead atoms. The van der Waals surface area contributed by atoms with E-state index in [4.69, 9.17) is 0 Å². The number of benzene rings is 1. The molecule has 40 heavy (non-hydrogen) atoms. The van der Waals surface area contributed by atoms with Gasteiger partial charge in [-0.25, -0.2) is 9.78 Å². The van der Waals surface area contributed by atoms with Gasteiger partial charge in [0, 0.05) is 21.5 Å². The number of nitrogens with one attached hydrogen (secondary N) is 1. The van der Waals surface area contributed by atoms with Gasteiger partial charge in [-0.15, -0.1) is 24.5 Å². The van der Waals surface area contributed by atoms with E-state index in [1.807, 2.05) is 37.4 Å². The summed E-state index contributed by atoms with van der Waals surface area (Å²) in [4.78, 5) is 18.4. The number of anilines is 1. The summed E-state index contributed by atoms with van der Waals surface area (Å²) in [7, 11) is 0. The SMILES string of the molecule is CCC/C=C(\Nc1ncc(-c2cccs2)cc1C(=O)O)S/C(=C(\C)CCC(C)C)c1ccc(OC(F)(F)F)cc1. The summed E-state index contributed by atoms with van der Waals surface area (Å²) in [6, 6.07) is 11.2. The first kappa shape index (κ1) is 31.3. The first-order valence-electron chi connectivity index (χ1n) is 12.9. The molecule has 5 nitrogen and oxygen atoms in total. The Hall–Kier alpha value is -3.24. The number of thioether (sulfide) groups is 1. The number of hydrogen-bond acceptors (Lipinski definition) is 6. The van der Waals surface area contributed by atoms with E-state index in [2.05, 4.69) is 28.9 Å². The van der Waals surface area contributed by atoms with E-state index in [0.717, 1.165) is 52.2 Å². The van der Waals surface area contributed by atoms with Crippen LogP contribution in [0.4, 0.5) is 19.0 Å². The minimum atomic E-state index is -4.77. The van der Waals surface area contributed by atoms with Crippen molar-refractivity contribution in [2.75, 3.05) is 5.32 Å². The zero-order valence-corrected chi connectivity index (χ0v) is 24.5. The van der Waals surface area contributed by atoms with E-state index in [9.17, 15) is 23.1 Å². The molecular weight excluding hydrogens is 557 g/mol. The van der Waals surface area contributed by atoms with E-state index in [1.54, 1.807) is 24.4 Å². The molecular formula is C30H33F3N2O3S2. The van der Waals surface area contributed by atoms with E-state index in [1.165, 1.54) is 35.2 Å². The molecule has 1 aromatic carbocycles. The number of halogens is 3. The van der Waals surface area contributed by atoms with Crippen LogP contribution in [0.3, 0.4) is 0 Å². The van der Waals surface area contributed by atoms with E-state index in [-0.39, 0.29) is 17.1 Å². The van der Waals surface area contributed by atoms with Crippen LogP contribution in [0.5, 0.6) is 5.75 Å². The van der Waals surface area contributed by atoms with Crippen molar-refractivity contribution in [2.24, 2.45) is 5.92 Å². The van der Waals surface area contributed by atoms with Crippen molar-refractivity contribution in [2.45, 2.75) is 59.7 Å². The number of unbranched alkanes of at least 4 members (excludes halogenated alkanes) is 1. The largest absolute Gasteiger partial charge is 0.573 e. The first-order chi connectivity index (χ1) is 19.0. The molecule has 0 saturated carbocycles. The second-order valence-electron chi connectivity index (χ2n) is 9.60. The lowest BCUT2D eigenvalue weighted by atomic mass is 10.0. The second-order valence-corrected chi connectivity index (χ2v) is 11.6. The number of carboxylic acids is 1. The highest BCUT2D eigenvalue weighted by Crippen LogP contribution is 2.40. The Morgan fingerprint density at radius 2 is 1.95 bits per heavy atom. The Bertz CT molecular complexity index is 1330. The number of carboxylic acid groups (broad SMARTS) is 1. The Morgan fingerprint density at radius 1 is 1.23 bits per heavy atom. The average Bonchev–Trinajstić information content (AvgIpc) is 3.43. The summed E-state index contributed by atoms with van der Waals surface area (Å²) >= 11 is 2.92. The number of aromatic carboxylic acids is 1. The molecule has 0 saturated heterocycles. The Kier molecular flexibility index (Phi) is 11.3. The number of thiophene rings is 1. The van der Waals surface area contributed by atoms with Crippen molar-refractivity contribution in [1.29, 1.82) is 0 Å². The third kappa shape index (κ3) is 9.45. The van der Waals surface area contributed by atoms with Gasteiger partial charge in [0.25, 0.3) is 0 Å². The lowest BCUT2D eigenvalue weighted by molar-refractivity contribution is -0.274. The summed E-state index contributed by atoms with van der Waals surface area (Å²) in [6.07, 6.45) is 2.22. The Morgan fingerprint density at radius 3 is 2.52 bits per heavy atom. The molecule has 3 rings (SSSR count). The minimum absolute atomic E-state index is 0.0459. The lowest BCUT2D eigenvalue weighted by Gasteiger charge is -2.18. The van der Waals surface area contributed by atoms with Crippen LogP contribution in [-0.2, 0) is 0 Å². The van der Waals surface area contributed by atoms with Crippen LogP contribution in [0.25, 0.3) is 15.3 Å². The normalized spacial score (nSPS) is 12.8. The van der Waals surface area contributed by atoms with Gasteiger partial charge in [-0.2, -0.15) is 0 Å². The molecule has 214 valence electrons. The molecule has 0 radical (unpaired) electrons. The molecule has 0 spiro atoms. The van der Waals surface area contributed by atoms with Gasteiger partial charge in [-0.05, 0) is 67.3 Å². The Balaban J connectivity index is 1.98. The van der Waals surface area contributed by atoms with Crippen LogP contribution in [0.2, 0.25) is 0 Å². The number of carbonyl (C=O) groups is 1. The summed E-state index contributed by atoms with van der Waals surface area (Å²) in [6.45, 7) is 8.32. The predicted molar refractivity (Wildman–Crippen MR) is 159 cm³/mol. The number of pyridine rings is 1. The van der Waals surface area contributed by atoms with Gasteiger partial charge in [-0.1, -0.05) is 68.8 Å². The number of rotatable bonds is 13. The highest BCUT2D eigenvalue weighted by Gasteiger charge is 2.31. The maximum Gasteiger partial charge on any atom is 0.573 e. The first-order valence-corrected chi connectivity index (χ1v) is 14.6. The summed E-state index contributed by atoms with van der Waals surface area (Å²) in [5.74, 6) is -0.698. The molecule has 0 aliphatic heterocycles. The third-order valence-electron chi connectivity index (χ3n) is 5.83. The van der Waals surface area contributed by atoms with Crippen molar-refractivity contribution in [3.05, 3.63) is 81.8 Å². The van der Waals surface area contributed by atoms with Crippen molar-refractivity contribution in [3.8, 4) is 16.2 Å². The van der Waals surface area contributed by atoms with Crippen LogP contribution in [0.1, 0.15) is 69.3 Å². The maximum absolute atomic E-state index is 12.7. The van der Waals surface area contributed by atoms with Gasteiger partial charge in [0.1, 0.15) is 17.1 Å². The van der Waals surface area contributed by atoms with Gasteiger partial charge in [0.2, 0.25) is 0 Å². The van der Waals surface area contributed by atoms with Crippen molar-refractivity contribution in [3.63, 3.8) is 0 Å². The van der Waals surface area contributed by atoms with Crippen molar-refractivity contribution in [1.82, 2.24) is 4.98 Å². The molecule has 0 unspecified atom stereocenters. The molecule has 2 aromatic heterocycles. The van der Waals surface area contributed by atoms with Crippen LogP contribution >= 0.6 is 23.1 Å². The zero-order chi connectivity index (χ0) is 29.3. The molecule has 0 fully saturated rings. The highest BCUT2D eigenvalue weighted by molar-refractivity contribution is 8.11. The van der Waals surface area contributed by atoms with Gasteiger partial charge in [0.15, 0.2) is 0 Å². The Labute approximate surface area is 241 Å². The quantitative estimate of drug-likeness (QED) is 0.206. The predicted octanol–water partition coefficient (Wildman–Crippen LogP) is 10.1. The molecule has 10 heteroatoms. The van der Waals surface area contributed by atoms with Gasteiger partial charge in [0.05, 0.1) is 5.03 Å².